The number of piperazine rings is 1. The van der Waals surface area contributed by atoms with Gasteiger partial charge in [-0.2, -0.15) is 0 Å². The average Bonchev–Trinajstić information content (AvgIpc) is 2.28. The lowest BCUT2D eigenvalue weighted by Crippen LogP contribution is -2.59. The highest BCUT2D eigenvalue weighted by Crippen LogP contribution is 2.30. The number of hydrogen-bond donors (Lipinski definition) is 1. The van der Waals surface area contributed by atoms with Crippen molar-refractivity contribution in [3.63, 3.8) is 0 Å². The van der Waals surface area contributed by atoms with Crippen LogP contribution in [0.2, 0.25) is 0 Å². The first kappa shape index (κ1) is 15.4. The molecule has 2 N–H and O–H groups in total. The highest BCUT2D eigenvalue weighted by atomic mass is 16.2. The number of carbonyl (C=O) groups excluding carboxylic acids is 1. The summed E-state index contributed by atoms with van der Waals surface area (Å²) in [5, 5.41) is 0. The van der Waals surface area contributed by atoms with E-state index >= 15 is 0 Å². The van der Waals surface area contributed by atoms with Crippen LogP contribution in [0.25, 0.3) is 0 Å². The molecule has 1 amide bonds. The zero-order chi connectivity index (χ0) is 14.0. The molecule has 1 aliphatic heterocycles. The van der Waals surface area contributed by atoms with Gasteiger partial charge in [-0.3, -0.25) is 9.69 Å². The summed E-state index contributed by atoms with van der Waals surface area (Å²) in [6.07, 6.45) is 1.18. The highest BCUT2D eigenvalue weighted by Gasteiger charge is 2.43. The Balaban J connectivity index is 2.60. The van der Waals surface area contributed by atoms with Crippen molar-refractivity contribution in [1.29, 1.82) is 0 Å². The van der Waals surface area contributed by atoms with Crippen molar-refractivity contribution in [2.24, 2.45) is 11.1 Å². The van der Waals surface area contributed by atoms with Gasteiger partial charge < -0.3 is 10.6 Å². The molecule has 1 aliphatic rings. The Morgan fingerprint density at radius 3 is 2.00 bits per heavy atom. The van der Waals surface area contributed by atoms with E-state index in [-0.39, 0.29) is 5.91 Å². The SMILES string of the molecule is CCCN1CCN(C(=O)C(C)(C)C(C)(C)N)CC1. The van der Waals surface area contributed by atoms with Gasteiger partial charge in [0.05, 0.1) is 5.41 Å². The van der Waals surface area contributed by atoms with Gasteiger partial charge in [-0.15, -0.1) is 0 Å². The predicted molar refractivity (Wildman–Crippen MR) is 75.4 cm³/mol. The number of amides is 1. The van der Waals surface area contributed by atoms with E-state index in [9.17, 15) is 4.79 Å². The summed E-state index contributed by atoms with van der Waals surface area (Å²) in [6.45, 7) is 14.7. The van der Waals surface area contributed by atoms with Crippen LogP contribution in [0.5, 0.6) is 0 Å². The van der Waals surface area contributed by atoms with Gasteiger partial charge in [0.2, 0.25) is 5.91 Å². The fourth-order valence-corrected chi connectivity index (χ4v) is 2.16. The van der Waals surface area contributed by atoms with Crippen LogP contribution in [0.3, 0.4) is 0 Å². The van der Waals surface area contributed by atoms with Gasteiger partial charge in [0.1, 0.15) is 0 Å². The maximum Gasteiger partial charge on any atom is 0.230 e. The molecule has 0 radical (unpaired) electrons. The summed E-state index contributed by atoms with van der Waals surface area (Å²) in [5.41, 5.74) is 5.13. The molecule has 106 valence electrons. The molecule has 0 atom stereocenters. The Labute approximate surface area is 111 Å². The highest BCUT2D eigenvalue weighted by molar-refractivity contribution is 5.83. The quantitative estimate of drug-likeness (QED) is 0.824. The van der Waals surface area contributed by atoms with Crippen LogP contribution in [0.4, 0.5) is 0 Å². The molecule has 4 nitrogen and oxygen atoms in total. The predicted octanol–water partition coefficient (Wildman–Crippen LogP) is 1.30. The van der Waals surface area contributed by atoms with Crippen molar-refractivity contribution in [3.8, 4) is 0 Å². The third-order valence-corrected chi connectivity index (χ3v) is 4.34. The molecule has 0 bridgehead atoms. The van der Waals surface area contributed by atoms with E-state index in [4.69, 9.17) is 5.73 Å². The number of hydrogen-bond acceptors (Lipinski definition) is 3. The molecular weight excluding hydrogens is 226 g/mol. The van der Waals surface area contributed by atoms with Crippen molar-refractivity contribution in [3.05, 3.63) is 0 Å². The fourth-order valence-electron chi connectivity index (χ4n) is 2.16. The molecule has 1 fully saturated rings. The minimum atomic E-state index is -0.514. The van der Waals surface area contributed by atoms with Crippen LogP contribution >= 0.6 is 0 Å². The first-order valence-electron chi connectivity index (χ1n) is 7.00. The summed E-state index contributed by atoms with van der Waals surface area (Å²) in [4.78, 5) is 17.0. The van der Waals surface area contributed by atoms with Gasteiger partial charge in [0, 0.05) is 31.7 Å². The third kappa shape index (κ3) is 3.23. The Kier molecular flexibility index (Phi) is 4.78. The van der Waals surface area contributed by atoms with Crippen LogP contribution in [0, 0.1) is 5.41 Å². The van der Waals surface area contributed by atoms with Crippen molar-refractivity contribution in [2.75, 3.05) is 32.7 Å². The Bertz CT molecular complexity index is 286. The normalized spacial score (nSPS) is 19.1. The maximum atomic E-state index is 12.6. The van der Waals surface area contributed by atoms with Crippen molar-refractivity contribution < 1.29 is 4.79 Å². The number of carbonyl (C=O) groups is 1. The molecule has 0 aromatic heterocycles. The van der Waals surface area contributed by atoms with E-state index in [0.717, 1.165) is 32.7 Å². The lowest BCUT2D eigenvalue weighted by Gasteiger charge is -2.43. The van der Waals surface area contributed by atoms with E-state index in [1.807, 2.05) is 32.6 Å². The standard InChI is InChI=1S/C14H29N3O/c1-6-7-16-8-10-17(11-9-16)12(18)13(2,3)14(4,5)15/h6-11,15H2,1-5H3. The lowest BCUT2D eigenvalue weighted by atomic mass is 9.74. The zero-order valence-electron chi connectivity index (χ0n) is 12.6. The first-order chi connectivity index (χ1) is 8.20. The van der Waals surface area contributed by atoms with Gasteiger partial charge in [0.15, 0.2) is 0 Å². The minimum absolute atomic E-state index is 0.186. The van der Waals surface area contributed by atoms with Crippen LogP contribution in [-0.4, -0.2) is 54.0 Å². The number of rotatable bonds is 4. The summed E-state index contributed by atoms with van der Waals surface area (Å²) < 4.78 is 0. The van der Waals surface area contributed by atoms with Crippen LogP contribution < -0.4 is 5.73 Å². The third-order valence-electron chi connectivity index (χ3n) is 4.34. The van der Waals surface area contributed by atoms with E-state index in [1.165, 1.54) is 6.42 Å². The van der Waals surface area contributed by atoms with E-state index in [0.29, 0.717) is 0 Å². The van der Waals surface area contributed by atoms with Gasteiger partial charge in [-0.1, -0.05) is 6.92 Å². The Morgan fingerprint density at radius 1 is 1.11 bits per heavy atom. The fraction of sp³-hybridized carbons (Fsp3) is 0.929. The zero-order valence-corrected chi connectivity index (χ0v) is 12.6. The topological polar surface area (TPSA) is 49.6 Å². The summed E-state index contributed by atoms with van der Waals surface area (Å²) in [6, 6.07) is 0. The maximum absolute atomic E-state index is 12.6. The molecule has 0 aromatic rings. The van der Waals surface area contributed by atoms with Crippen molar-refractivity contribution in [2.45, 2.75) is 46.6 Å². The van der Waals surface area contributed by atoms with E-state index < -0.39 is 11.0 Å². The van der Waals surface area contributed by atoms with E-state index in [1.54, 1.807) is 0 Å². The van der Waals surface area contributed by atoms with Crippen LogP contribution in [-0.2, 0) is 4.79 Å². The molecule has 0 aliphatic carbocycles. The molecule has 1 saturated heterocycles. The molecule has 1 rings (SSSR count). The minimum Gasteiger partial charge on any atom is -0.340 e. The molecule has 4 heteroatoms. The average molecular weight is 255 g/mol. The molecule has 18 heavy (non-hydrogen) atoms. The number of nitrogens with zero attached hydrogens (tertiary/aromatic N) is 2. The molecule has 0 unspecified atom stereocenters. The summed E-state index contributed by atoms with van der Waals surface area (Å²) in [5.74, 6) is 0.186. The van der Waals surface area contributed by atoms with Gasteiger partial charge in [-0.25, -0.2) is 0 Å². The first-order valence-corrected chi connectivity index (χ1v) is 7.00. The molecule has 0 spiro atoms. The second-order valence-corrected chi connectivity index (χ2v) is 6.48. The van der Waals surface area contributed by atoms with Gasteiger partial charge in [0.25, 0.3) is 0 Å². The number of nitrogens with two attached hydrogens (primary N) is 1. The second kappa shape index (κ2) is 5.57. The van der Waals surface area contributed by atoms with Crippen molar-refractivity contribution in [1.82, 2.24) is 9.80 Å². The monoisotopic (exact) mass is 255 g/mol. The van der Waals surface area contributed by atoms with Crippen LogP contribution in [0.1, 0.15) is 41.0 Å². The molecular formula is C14H29N3O. The summed E-state index contributed by atoms with van der Waals surface area (Å²) in [7, 11) is 0. The van der Waals surface area contributed by atoms with Crippen molar-refractivity contribution >= 4 is 5.91 Å². The van der Waals surface area contributed by atoms with E-state index in [2.05, 4.69) is 11.8 Å². The van der Waals surface area contributed by atoms with Crippen LogP contribution in [0.15, 0.2) is 0 Å². The smallest absolute Gasteiger partial charge is 0.230 e. The molecule has 0 aromatic carbocycles. The van der Waals surface area contributed by atoms with Gasteiger partial charge in [-0.05, 0) is 40.7 Å². The Hall–Kier alpha value is -0.610. The second-order valence-electron chi connectivity index (χ2n) is 6.48. The Morgan fingerprint density at radius 2 is 1.61 bits per heavy atom. The van der Waals surface area contributed by atoms with Gasteiger partial charge >= 0.3 is 0 Å². The summed E-state index contributed by atoms with van der Waals surface area (Å²) >= 11 is 0. The largest absolute Gasteiger partial charge is 0.340 e. The molecule has 0 saturated carbocycles. The lowest BCUT2D eigenvalue weighted by molar-refractivity contribution is -0.145. The molecule has 1 heterocycles.